The van der Waals surface area contributed by atoms with E-state index in [0.717, 1.165) is 22.9 Å². The molecule has 1 aliphatic heterocycles. The summed E-state index contributed by atoms with van der Waals surface area (Å²) in [6.45, 7) is 7.71. The number of fused-ring (bicyclic) bond motifs is 1. The number of para-hydroxylation sites is 1. The Bertz CT molecular complexity index is 982. The van der Waals surface area contributed by atoms with E-state index in [-0.39, 0.29) is 5.41 Å². The largest absolute Gasteiger partial charge is 0.486 e. The summed E-state index contributed by atoms with van der Waals surface area (Å²) in [4.78, 5) is 8.96. The highest BCUT2D eigenvalue weighted by molar-refractivity contribution is 5.64. The van der Waals surface area contributed by atoms with Gasteiger partial charge < -0.3 is 20.1 Å². The molecule has 1 aliphatic rings. The van der Waals surface area contributed by atoms with Gasteiger partial charge in [0.15, 0.2) is 11.5 Å². The topological polar surface area (TPSA) is 68.3 Å². The molecule has 0 spiro atoms. The Morgan fingerprint density at radius 2 is 1.68 bits per heavy atom. The van der Waals surface area contributed by atoms with Gasteiger partial charge in [-0.2, -0.15) is 4.98 Å². The summed E-state index contributed by atoms with van der Waals surface area (Å²) in [5.74, 6) is 2.74. The standard InChI is InChI=1S/C22H24N4O2/c1-22(2,3)16-6-4-5-7-17(16)25-21-23-11-10-20(26-21)24-15-8-9-18-19(14-15)28-13-12-27-18/h4-11,14H,12-13H2,1-3H3,(H2,23,24,25,26). The van der Waals surface area contributed by atoms with Crippen LogP contribution < -0.4 is 20.1 Å². The number of nitrogens with one attached hydrogen (secondary N) is 2. The van der Waals surface area contributed by atoms with Crippen molar-refractivity contribution >= 4 is 23.1 Å². The third-order valence-electron chi connectivity index (χ3n) is 4.45. The first kappa shape index (κ1) is 18.1. The molecular formula is C22H24N4O2. The molecule has 0 aliphatic carbocycles. The molecule has 6 heteroatoms. The van der Waals surface area contributed by atoms with Crippen LogP contribution in [0, 0.1) is 0 Å². The molecule has 144 valence electrons. The molecule has 1 aromatic heterocycles. The van der Waals surface area contributed by atoms with Gasteiger partial charge in [-0.15, -0.1) is 0 Å². The Balaban J connectivity index is 1.54. The fourth-order valence-corrected chi connectivity index (χ4v) is 3.12. The SMILES string of the molecule is CC(C)(C)c1ccccc1Nc1nccc(Nc2ccc3c(c2)OCCO3)n1. The monoisotopic (exact) mass is 376 g/mol. The van der Waals surface area contributed by atoms with Crippen molar-refractivity contribution < 1.29 is 9.47 Å². The maximum Gasteiger partial charge on any atom is 0.229 e. The normalized spacial score (nSPS) is 13.1. The number of ether oxygens (including phenoxy) is 2. The molecule has 3 aromatic rings. The van der Waals surface area contributed by atoms with Crippen molar-refractivity contribution in [2.45, 2.75) is 26.2 Å². The van der Waals surface area contributed by atoms with Gasteiger partial charge in [0.05, 0.1) is 0 Å². The van der Waals surface area contributed by atoms with Gasteiger partial charge in [0, 0.05) is 23.6 Å². The number of aromatic nitrogens is 2. The van der Waals surface area contributed by atoms with E-state index < -0.39 is 0 Å². The van der Waals surface area contributed by atoms with Crippen LogP contribution in [-0.4, -0.2) is 23.2 Å². The molecular weight excluding hydrogens is 352 g/mol. The molecule has 28 heavy (non-hydrogen) atoms. The summed E-state index contributed by atoms with van der Waals surface area (Å²) in [7, 11) is 0. The van der Waals surface area contributed by atoms with Gasteiger partial charge in [0.2, 0.25) is 5.95 Å². The molecule has 0 bridgehead atoms. The van der Waals surface area contributed by atoms with E-state index in [1.807, 2.05) is 42.5 Å². The maximum atomic E-state index is 5.64. The van der Waals surface area contributed by atoms with Crippen LogP contribution in [0.1, 0.15) is 26.3 Å². The Kier molecular flexibility index (Phi) is 4.77. The molecule has 2 heterocycles. The Morgan fingerprint density at radius 3 is 2.50 bits per heavy atom. The number of hydrogen-bond acceptors (Lipinski definition) is 6. The smallest absolute Gasteiger partial charge is 0.229 e. The van der Waals surface area contributed by atoms with Crippen LogP contribution in [0.5, 0.6) is 11.5 Å². The van der Waals surface area contributed by atoms with E-state index in [9.17, 15) is 0 Å². The van der Waals surface area contributed by atoms with Crippen LogP contribution in [-0.2, 0) is 5.41 Å². The second-order valence-corrected chi connectivity index (χ2v) is 7.67. The average Bonchev–Trinajstić information content (AvgIpc) is 2.68. The molecule has 0 saturated carbocycles. The number of anilines is 4. The van der Waals surface area contributed by atoms with Crippen molar-refractivity contribution in [1.82, 2.24) is 9.97 Å². The van der Waals surface area contributed by atoms with Crippen molar-refractivity contribution in [1.29, 1.82) is 0 Å². The summed E-state index contributed by atoms with van der Waals surface area (Å²) in [5.41, 5.74) is 3.12. The summed E-state index contributed by atoms with van der Waals surface area (Å²) >= 11 is 0. The second kappa shape index (κ2) is 7.38. The lowest BCUT2D eigenvalue weighted by molar-refractivity contribution is 0.171. The first-order valence-corrected chi connectivity index (χ1v) is 9.35. The van der Waals surface area contributed by atoms with Gasteiger partial charge in [-0.1, -0.05) is 39.0 Å². The minimum atomic E-state index is 0.0185. The number of rotatable bonds is 4. The van der Waals surface area contributed by atoms with Crippen molar-refractivity contribution in [2.24, 2.45) is 0 Å². The zero-order valence-corrected chi connectivity index (χ0v) is 16.3. The minimum absolute atomic E-state index is 0.0185. The second-order valence-electron chi connectivity index (χ2n) is 7.67. The first-order chi connectivity index (χ1) is 13.5. The van der Waals surface area contributed by atoms with E-state index in [1.54, 1.807) is 6.20 Å². The van der Waals surface area contributed by atoms with Crippen LogP contribution in [0.2, 0.25) is 0 Å². The zero-order chi connectivity index (χ0) is 19.6. The van der Waals surface area contributed by atoms with E-state index in [1.165, 1.54) is 5.56 Å². The Morgan fingerprint density at radius 1 is 0.893 bits per heavy atom. The highest BCUT2D eigenvalue weighted by Crippen LogP contribution is 2.34. The Hall–Kier alpha value is -3.28. The Labute approximate surface area is 164 Å². The van der Waals surface area contributed by atoms with Gasteiger partial charge in [-0.3, -0.25) is 0 Å². The predicted molar refractivity (Wildman–Crippen MR) is 111 cm³/mol. The third kappa shape index (κ3) is 4.01. The highest BCUT2D eigenvalue weighted by atomic mass is 16.6. The lowest BCUT2D eigenvalue weighted by Crippen LogP contribution is -2.15. The molecule has 2 N–H and O–H groups in total. The lowest BCUT2D eigenvalue weighted by Gasteiger charge is -2.23. The van der Waals surface area contributed by atoms with Crippen LogP contribution in [0.3, 0.4) is 0 Å². The molecule has 0 atom stereocenters. The van der Waals surface area contributed by atoms with Crippen LogP contribution in [0.25, 0.3) is 0 Å². The molecule has 6 nitrogen and oxygen atoms in total. The zero-order valence-electron chi connectivity index (χ0n) is 16.3. The molecule has 0 unspecified atom stereocenters. The molecule has 0 amide bonds. The number of hydrogen-bond donors (Lipinski definition) is 2. The highest BCUT2D eigenvalue weighted by Gasteiger charge is 2.18. The summed E-state index contributed by atoms with van der Waals surface area (Å²) in [5, 5.41) is 6.65. The van der Waals surface area contributed by atoms with E-state index in [2.05, 4.69) is 47.4 Å². The van der Waals surface area contributed by atoms with E-state index >= 15 is 0 Å². The van der Waals surface area contributed by atoms with Gasteiger partial charge in [-0.25, -0.2) is 4.98 Å². The third-order valence-corrected chi connectivity index (χ3v) is 4.45. The van der Waals surface area contributed by atoms with Gasteiger partial charge >= 0.3 is 0 Å². The first-order valence-electron chi connectivity index (χ1n) is 9.35. The summed E-state index contributed by atoms with van der Waals surface area (Å²) < 4.78 is 11.2. The molecule has 4 rings (SSSR count). The predicted octanol–water partition coefficient (Wildman–Crippen LogP) is 5.03. The lowest BCUT2D eigenvalue weighted by atomic mass is 9.86. The molecule has 0 fully saturated rings. The van der Waals surface area contributed by atoms with Crippen LogP contribution in [0.4, 0.5) is 23.1 Å². The number of benzene rings is 2. The quantitative estimate of drug-likeness (QED) is 0.665. The number of nitrogens with zero attached hydrogens (tertiary/aromatic N) is 2. The van der Waals surface area contributed by atoms with E-state index in [0.29, 0.717) is 25.0 Å². The van der Waals surface area contributed by atoms with Crippen molar-refractivity contribution in [3.8, 4) is 11.5 Å². The van der Waals surface area contributed by atoms with E-state index in [4.69, 9.17) is 9.47 Å². The fourth-order valence-electron chi connectivity index (χ4n) is 3.12. The van der Waals surface area contributed by atoms with Gasteiger partial charge in [-0.05, 0) is 35.2 Å². The van der Waals surface area contributed by atoms with Crippen LogP contribution in [0.15, 0.2) is 54.7 Å². The van der Waals surface area contributed by atoms with Gasteiger partial charge in [0.25, 0.3) is 0 Å². The molecule has 0 radical (unpaired) electrons. The van der Waals surface area contributed by atoms with Crippen molar-refractivity contribution in [3.05, 3.63) is 60.3 Å². The van der Waals surface area contributed by atoms with Crippen LogP contribution >= 0.6 is 0 Å². The molecule has 2 aromatic carbocycles. The van der Waals surface area contributed by atoms with Gasteiger partial charge in [0.1, 0.15) is 19.0 Å². The average molecular weight is 376 g/mol. The maximum absolute atomic E-state index is 5.64. The fraction of sp³-hybridized carbons (Fsp3) is 0.273. The molecule has 0 saturated heterocycles. The van der Waals surface area contributed by atoms with Crippen molar-refractivity contribution in [2.75, 3.05) is 23.8 Å². The van der Waals surface area contributed by atoms with Crippen molar-refractivity contribution in [3.63, 3.8) is 0 Å². The summed E-state index contributed by atoms with van der Waals surface area (Å²) in [6.07, 6.45) is 1.73. The minimum Gasteiger partial charge on any atom is -0.486 e. The summed E-state index contributed by atoms with van der Waals surface area (Å²) in [6, 6.07) is 15.8.